The quantitative estimate of drug-likeness (QED) is 0.665. The van der Waals surface area contributed by atoms with Crippen molar-refractivity contribution in [2.45, 2.75) is 32.6 Å². The molecule has 1 aromatic carbocycles. The molecule has 0 bridgehead atoms. The number of nitrogen functional groups attached to an aromatic ring is 1. The van der Waals surface area contributed by atoms with Gasteiger partial charge in [0.25, 0.3) is 0 Å². The topological polar surface area (TPSA) is 61.5 Å². The number of carbonyl (C=O) groups excluding carboxylic acids is 1. The van der Waals surface area contributed by atoms with Crippen molar-refractivity contribution in [3.05, 3.63) is 22.7 Å². The summed E-state index contributed by atoms with van der Waals surface area (Å²) in [6.07, 6.45) is 4.82. The minimum absolute atomic E-state index is 0.299. The number of ether oxygens (including phenoxy) is 2. The molecule has 20 heavy (non-hydrogen) atoms. The Morgan fingerprint density at radius 2 is 2.10 bits per heavy atom. The van der Waals surface area contributed by atoms with Crippen LogP contribution in [0.3, 0.4) is 0 Å². The van der Waals surface area contributed by atoms with Crippen LogP contribution in [0.25, 0.3) is 0 Å². The molecule has 5 heteroatoms. The zero-order chi connectivity index (χ0) is 14.5. The van der Waals surface area contributed by atoms with Gasteiger partial charge in [0, 0.05) is 5.69 Å². The summed E-state index contributed by atoms with van der Waals surface area (Å²) in [5, 5.41) is 0.353. The highest BCUT2D eigenvalue weighted by Crippen LogP contribution is 2.34. The van der Waals surface area contributed by atoms with E-state index in [-0.39, 0.29) is 0 Å². The van der Waals surface area contributed by atoms with Gasteiger partial charge in [-0.3, -0.25) is 0 Å². The van der Waals surface area contributed by atoms with Crippen LogP contribution in [0, 0.1) is 5.92 Å². The number of nitrogens with two attached hydrogens (primary N) is 1. The fourth-order valence-corrected chi connectivity index (χ4v) is 2.78. The van der Waals surface area contributed by atoms with Gasteiger partial charge in [-0.2, -0.15) is 0 Å². The smallest absolute Gasteiger partial charge is 0.342 e. The molecule has 110 valence electrons. The van der Waals surface area contributed by atoms with E-state index in [0.29, 0.717) is 41.2 Å². The molecule has 0 aliphatic heterocycles. The van der Waals surface area contributed by atoms with Gasteiger partial charge < -0.3 is 15.2 Å². The fourth-order valence-electron chi connectivity index (χ4n) is 2.50. The summed E-state index contributed by atoms with van der Waals surface area (Å²) in [7, 11) is 0. The second-order valence-corrected chi connectivity index (χ2v) is 5.47. The van der Waals surface area contributed by atoms with E-state index in [0.717, 1.165) is 0 Å². The van der Waals surface area contributed by atoms with E-state index >= 15 is 0 Å². The molecule has 0 saturated heterocycles. The van der Waals surface area contributed by atoms with E-state index in [1.165, 1.54) is 25.7 Å². The molecule has 4 nitrogen and oxygen atoms in total. The average molecular weight is 298 g/mol. The lowest BCUT2D eigenvalue weighted by atomic mass is 10.1. The second kappa shape index (κ2) is 6.84. The Bertz CT molecular complexity index is 484. The molecule has 1 aromatic rings. The van der Waals surface area contributed by atoms with Gasteiger partial charge in [-0.15, -0.1) is 0 Å². The first kappa shape index (κ1) is 15.0. The van der Waals surface area contributed by atoms with Crippen LogP contribution >= 0.6 is 11.6 Å². The number of hydrogen-bond donors (Lipinski definition) is 1. The molecule has 1 aliphatic rings. The third-order valence-electron chi connectivity index (χ3n) is 3.50. The van der Waals surface area contributed by atoms with Crippen LogP contribution in [0.15, 0.2) is 12.1 Å². The molecule has 2 rings (SSSR count). The predicted octanol–water partition coefficient (Wildman–Crippen LogP) is 3.67. The fraction of sp³-hybridized carbons (Fsp3) is 0.533. The SMILES string of the molecule is CCOC(=O)c1cc(N)cc(Cl)c1OCC1CCCC1. The van der Waals surface area contributed by atoms with Gasteiger partial charge in [-0.25, -0.2) is 4.79 Å². The van der Waals surface area contributed by atoms with Crippen molar-refractivity contribution in [2.75, 3.05) is 18.9 Å². The predicted molar refractivity (Wildman–Crippen MR) is 79.3 cm³/mol. The third-order valence-corrected chi connectivity index (χ3v) is 3.78. The van der Waals surface area contributed by atoms with Crippen molar-refractivity contribution in [3.8, 4) is 5.75 Å². The highest BCUT2D eigenvalue weighted by molar-refractivity contribution is 6.33. The van der Waals surface area contributed by atoms with Gasteiger partial charge in [0.05, 0.1) is 18.2 Å². The minimum Gasteiger partial charge on any atom is -0.491 e. The summed E-state index contributed by atoms with van der Waals surface area (Å²) in [6.45, 7) is 2.63. The van der Waals surface area contributed by atoms with E-state index in [1.807, 2.05) is 0 Å². The number of esters is 1. The highest BCUT2D eigenvalue weighted by Gasteiger charge is 2.21. The Labute approximate surface area is 124 Å². The molecule has 1 fully saturated rings. The molecule has 0 unspecified atom stereocenters. The lowest BCUT2D eigenvalue weighted by molar-refractivity contribution is 0.0521. The summed E-state index contributed by atoms with van der Waals surface area (Å²) in [5.74, 6) is 0.466. The maximum absolute atomic E-state index is 11.9. The number of rotatable bonds is 5. The molecule has 0 radical (unpaired) electrons. The molecule has 0 atom stereocenters. The number of anilines is 1. The Morgan fingerprint density at radius 1 is 1.40 bits per heavy atom. The molecule has 1 aliphatic carbocycles. The zero-order valence-corrected chi connectivity index (χ0v) is 12.4. The molecular weight excluding hydrogens is 278 g/mol. The highest BCUT2D eigenvalue weighted by atomic mass is 35.5. The van der Waals surface area contributed by atoms with Crippen molar-refractivity contribution in [1.82, 2.24) is 0 Å². The molecule has 0 spiro atoms. The van der Waals surface area contributed by atoms with Gasteiger partial charge in [0.2, 0.25) is 0 Å². The van der Waals surface area contributed by atoms with Gasteiger partial charge in [-0.1, -0.05) is 24.4 Å². The standard InChI is InChI=1S/C15H20ClNO3/c1-2-19-15(18)12-7-11(17)8-13(16)14(12)20-9-10-5-3-4-6-10/h7-8,10H,2-6,9,17H2,1H3. The summed E-state index contributed by atoms with van der Waals surface area (Å²) in [5.41, 5.74) is 6.46. The minimum atomic E-state index is -0.455. The van der Waals surface area contributed by atoms with Crippen LogP contribution in [0.2, 0.25) is 5.02 Å². The Kier molecular flexibility index (Phi) is 5.12. The van der Waals surface area contributed by atoms with Crippen LogP contribution in [0.4, 0.5) is 5.69 Å². The lowest BCUT2D eigenvalue weighted by Gasteiger charge is -2.16. The van der Waals surface area contributed by atoms with E-state index < -0.39 is 5.97 Å². The number of carbonyl (C=O) groups is 1. The molecule has 2 N–H and O–H groups in total. The van der Waals surface area contributed by atoms with E-state index in [4.69, 9.17) is 26.8 Å². The van der Waals surface area contributed by atoms with Crippen molar-refractivity contribution >= 4 is 23.3 Å². The lowest BCUT2D eigenvalue weighted by Crippen LogP contribution is -2.13. The van der Waals surface area contributed by atoms with Crippen LogP contribution in [-0.2, 0) is 4.74 Å². The summed E-state index contributed by atoms with van der Waals surface area (Å²) >= 11 is 6.15. The molecule has 0 heterocycles. The number of hydrogen-bond acceptors (Lipinski definition) is 4. The zero-order valence-electron chi connectivity index (χ0n) is 11.7. The van der Waals surface area contributed by atoms with E-state index in [2.05, 4.69) is 0 Å². The van der Waals surface area contributed by atoms with Gasteiger partial charge in [-0.05, 0) is 37.8 Å². The first-order valence-electron chi connectivity index (χ1n) is 7.00. The first-order chi connectivity index (χ1) is 9.61. The Morgan fingerprint density at radius 3 is 2.75 bits per heavy atom. The number of benzene rings is 1. The Balaban J connectivity index is 2.17. The van der Waals surface area contributed by atoms with Crippen LogP contribution in [-0.4, -0.2) is 19.2 Å². The first-order valence-corrected chi connectivity index (χ1v) is 7.38. The van der Waals surface area contributed by atoms with Gasteiger partial charge in [0.15, 0.2) is 5.75 Å². The monoisotopic (exact) mass is 297 g/mol. The molecule has 0 aromatic heterocycles. The number of halogens is 1. The maximum Gasteiger partial charge on any atom is 0.342 e. The van der Waals surface area contributed by atoms with Gasteiger partial charge >= 0.3 is 5.97 Å². The van der Waals surface area contributed by atoms with Crippen LogP contribution in [0.5, 0.6) is 5.75 Å². The summed E-state index contributed by atoms with van der Waals surface area (Å²) < 4.78 is 10.8. The van der Waals surface area contributed by atoms with Crippen molar-refractivity contribution in [2.24, 2.45) is 5.92 Å². The molecule has 1 saturated carbocycles. The largest absolute Gasteiger partial charge is 0.491 e. The van der Waals surface area contributed by atoms with Crippen molar-refractivity contribution in [3.63, 3.8) is 0 Å². The second-order valence-electron chi connectivity index (χ2n) is 5.06. The molecular formula is C15H20ClNO3. The van der Waals surface area contributed by atoms with E-state index in [1.54, 1.807) is 19.1 Å². The van der Waals surface area contributed by atoms with Gasteiger partial charge in [0.1, 0.15) is 5.56 Å². The average Bonchev–Trinajstić information content (AvgIpc) is 2.90. The van der Waals surface area contributed by atoms with E-state index in [9.17, 15) is 4.79 Å². The normalized spacial score (nSPS) is 15.3. The maximum atomic E-state index is 11.9. The van der Waals surface area contributed by atoms with Crippen molar-refractivity contribution in [1.29, 1.82) is 0 Å². The summed E-state index contributed by atoms with van der Waals surface area (Å²) in [4.78, 5) is 11.9. The summed E-state index contributed by atoms with van der Waals surface area (Å²) in [6, 6.07) is 3.14. The Hall–Kier alpha value is -1.42. The van der Waals surface area contributed by atoms with Crippen LogP contribution < -0.4 is 10.5 Å². The van der Waals surface area contributed by atoms with Crippen LogP contribution in [0.1, 0.15) is 43.0 Å². The third kappa shape index (κ3) is 3.57. The molecule has 0 amide bonds. The van der Waals surface area contributed by atoms with Crippen molar-refractivity contribution < 1.29 is 14.3 Å².